The Bertz CT molecular complexity index is 2010. The summed E-state index contributed by atoms with van der Waals surface area (Å²) in [6.07, 6.45) is 4.14. The lowest BCUT2D eigenvalue weighted by molar-refractivity contribution is -0.124. The molecule has 2 aromatic carbocycles. The first-order valence-electron chi connectivity index (χ1n) is 17.7. The summed E-state index contributed by atoms with van der Waals surface area (Å²) in [5, 5.41) is 18.4. The molecule has 2 aliphatic heterocycles. The second-order valence-corrected chi connectivity index (χ2v) is 16.3. The second-order valence-electron chi connectivity index (χ2n) is 15.2. The van der Waals surface area contributed by atoms with E-state index in [1.165, 1.54) is 43.0 Å². The first-order chi connectivity index (χ1) is 23.6. The van der Waals surface area contributed by atoms with Gasteiger partial charge in [-0.3, -0.25) is 14.5 Å². The van der Waals surface area contributed by atoms with E-state index < -0.39 is 0 Å². The summed E-state index contributed by atoms with van der Waals surface area (Å²) in [7, 11) is 0. The first-order valence-corrected chi connectivity index (χ1v) is 18.5. The quantitative estimate of drug-likeness (QED) is 0.149. The fourth-order valence-electron chi connectivity index (χ4n) is 8.59. The van der Waals surface area contributed by atoms with Gasteiger partial charge in [0.15, 0.2) is 0 Å². The number of piperazine rings is 1. The van der Waals surface area contributed by atoms with Crippen LogP contribution in [0, 0.1) is 25.7 Å². The topological polar surface area (TPSA) is 122 Å². The minimum atomic E-state index is -0.0104. The highest BCUT2D eigenvalue weighted by Crippen LogP contribution is 2.48. The van der Waals surface area contributed by atoms with E-state index in [-0.39, 0.29) is 23.1 Å². The van der Waals surface area contributed by atoms with Gasteiger partial charge >= 0.3 is 0 Å². The molecule has 10 nitrogen and oxygen atoms in total. The van der Waals surface area contributed by atoms with E-state index in [0.717, 1.165) is 75.1 Å². The minimum Gasteiger partial charge on any atom is -0.353 e. The number of hydrogen-bond acceptors (Lipinski definition) is 7. The molecule has 3 aromatic heterocycles. The number of H-pyrrole nitrogens is 2. The van der Waals surface area contributed by atoms with Crippen LogP contribution < -0.4 is 10.6 Å². The molecule has 0 spiro atoms. The van der Waals surface area contributed by atoms with Crippen LogP contribution in [0.2, 0.25) is 0 Å². The largest absolute Gasteiger partial charge is 0.353 e. The molecule has 11 heteroatoms. The lowest BCUT2D eigenvalue weighted by Gasteiger charge is -2.34. The number of aryl methyl sites for hydroxylation is 2. The van der Waals surface area contributed by atoms with E-state index in [0.29, 0.717) is 18.5 Å². The van der Waals surface area contributed by atoms with Gasteiger partial charge in [0.1, 0.15) is 15.9 Å². The molecule has 5 aromatic rings. The van der Waals surface area contributed by atoms with Gasteiger partial charge in [-0.1, -0.05) is 31.0 Å². The number of carbonyl (C=O) groups is 2. The Balaban J connectivity index is 0.952. The molecular formula is C38H46N8O2S. The van der Waals surface area contributed by atoms with Gasteiger partial charge in [-0.25, -0.2) is 0 Å². The molecule has 3 unspecified atom stereocenters. The summed E-state index contributed by atoms with van der Waals surface area (Å²) < 4.78 is 0. The molecule has 49 heavy (non-hydrogen) atoms. The minimum absolute atomic E-state index is 0.00873. The molecule has 1 aliphatic carbocycles. The number of piperidine rings is 1. The highest BCUT2D eigenvalue weighted by Gasteiger charge is 2.49. The van der Waals surface area contributed by atoms with Gasteiger partial charge < -0.3 is 20.5 Å². The molecule has 2 saturated heterocycles. The van der Waals surface area contributed by atoms with Crippen molar-refractivity contribution in [1.82, 2.24) is 35.5 Å². The van der Waals surface area contributed by atoms with Crippen LogP contribution in [0.1, 0.15) is 54.7 Å². The summed E-state index contributed by atoms with van der Waals surface area (Å²) in [5.41, 5.74) is 8.67. The highest BCUT2D eigenvalue weighted by atomic mass is 32.1. The number of hydrogen-bond donors (Lipinski definition) is 4. The Kier molecular flexibility index (Phi) is 8.32. The lowest BCUT2D eigenvalue weighted by atomic mass is 9.78. The Labute approximate surface area is 291 Å². The Morgan fingerprint density at radius 2 is 1.73 bits per heavy atom. The maximum absolute atomic E-state index is 12.8. The van der Waals surface area contributed by atoms with E-state index in [9.17, 15) is 9.59 Å². The molecular weight excluding hydrogens is 633 g/mol. The number of benzene rings is 2. The standard InChI is InChI=1S/C38H46N8O2S/c1-22-15-23(2)17-24(16-22)35-26(28-19-33(49-37(28)41-35)38(3,4)20-29-27-6-8-30(29)40-36(27)48)9-10-45-11-13-46(14-12-45)21-34(47)39-25-5-7-31-32(18-25)43-44-42-31/h5,7,15-19,27,29-30,41H,6,8-14,20-21H2,1-4H3,(H,39,47)(H,40,48)(H,42,43,44). The Morgan fingerprint density at radius 3 is 2.47 bits per heavy atom. The number of nitrogens with zero attached hydrogens (tertiary/aromatic N) is 4. The number of aromatic amines is 2. The number of amides is 2. The maximum atomic E-state index is 12.8. The number of anilines is 1. The van der Waals surface area contributed by atoms with Gasteiger partial charge in [0.25, 0.3) is 0 Å². The SMILES string of the molecule is Cc1cc(C)cc(-c2[nH]c3sc(C(C)(C)CC4C5CCC4C(=O)N5)cc3c2CCN2CCN(CC(=O)Nc3ccc4n[nH]nc4c3)CC2)c1. The van der Waals surface area contributed by atoms with Crippen molar-refractivity contribution in [2.45, 2.75) is 64.8 Å². The third-order valence-electron chi connectivity index (χ3n) is 11.1. The number of rotatable bonds is 10. The summed E-state index contributed by atoms with van der Waals surface area (Å²) in [6, 6.07) is 15.2. The lowest BCUT2D eigenvalue weighted by Crippen LogP contribution is -2.49. The average Bonchev–Trinajstić information content (AvgIpc) is 3.87. The van der Waals surface area contributed by atoms with Gasteiger partial charge in [0.2, 0.25) is 11.8 Å². The van der Waals surface area contributed by atoms with Gasteiger partial charge in [0.05, 0.1) is 12.2 Å². The van der Waals surface area contributed by atoms with Crippen LogP contribution >= 0.6 is 11.3 Å². The van der Waals surface area contributed by atoms with Crippen molar-refractivity contribution in [2.75, 3.05) is 44.6 Å². The zero-order chi connectivity index (χ0) is 33.9. The van der Waals surface area contributed by atoms with E-state index in [1.807, 2.05) is 29.5 Å². The third kappa shape index (κ3) is 6.39. The predicted molar refractivity (Wildman–Crippen MR) is 196 cm³/mol. The molecule has 2 amide bonds. The van der Waals surface area contributed by atoms with Crippen LogP contribution in [0.25, 0.3) is 32.5 Å². The van der Waals surface area contributed by atoms with Crippen molar-refractivity contribution < 1.29 is 9.59 Å². The van der Waals surface area contributed by atoms with Crippen LogP contribution in [0.4, 0.5) is 5.69 Å². The van der Waals surface area contributed by atoms with Crippen molar-refractivity contribution in [3.8, 4) is 11.3 Å². The van der Waals surface area contributed by atoms with E-state index >= 15 is 0 Å². The molecule has 1 saturated carbocycles. The molecule has 3 atom stereocenters. The number of carbonyl (C=O) groups excluding carboxylic acids is 2. The fraction of sp³-hybridized carbons (Fsp3) is 0.474. The van der Waals surface area contributed by atoms with Gasteiger partial charge in [-0.2, -0.15) is 15.4 Å². The summed E-state index contributed by atoms with van der Waals surface area (Å²) in [4.78, 5) is 36.6. The summed E-state index contributed by atoms with van der Waals surface area (Å²) >= 11 is 1.89. The second kappa shape index (κ2) is 12.7. The average molecular weight is 679 g/mol. The van der Waals surface area contributed by atoms with Crippen LogP contribution in [-0.4, -0.2) is 87.3 Å². The molecule has 5 heterocycles. The molecule has 8 rings (SSSR count). The Hall–Kier alpha value is -4.06. The van der Waals surface area contributed by atoms with Crippen molar-refractivity contribution >= 4 is 50.1 Å². The van der Waals surface area contributed by atoms with Crippen molar-refractivity contribution in [2.24, 2.45) is 11.8 Å². The smallest absolute Gasteiger partial charge is 0.238 e. The van der Waals surface area contributed by atoms with Crippen LogP contribution in [0.3, 0.4) is 0 Å². The molecule has 3 aliphatic rings. The van der Waals surface area contributed by atoms with Crippen LogP contribution in [0.15, 0.2) is 42.5 Å². The van der Waals surface area contributed by atoms with Gasteiger partial charge in [0, 0.05) is 60.6 Å². The maximum Gasteiger partial charge on any atom is 0.238 e. The fourth-order valence-corrected chi connectivity index (χ4v) is 9.79. The van der Waals surface area contributed by atoms with Crippen molar-refractivity contribution in [3.63, 3.8) is 0 Å². The monoisotopic (exact) mass is 678 g/mol. The molecule has 0 radical (unpaired) electrons. The highest BCUT2D eigenvalue weighted by molar-refractivity contribution is 7.18. The summed E-state index contributed by atoms with van der Waals surface area (Å²) in [6.45, 7) is 14.0. The molecule has 3 fully saturated rings. The third-order valence-corrected chi connectivity index (χ3v) is 12.5. The Morgan fingerprint density at radius 1 is 0.980 bits per heavy atom. The van der Waals surface area contributed by atoms with Gasteiger partial charge in [-0.05, 0) is 98.4 Å². The van der Waals surface area contributed by atoms with Crippen LogP contribution in [0.5, 0.6) is 0 Å². The number of aromatic nitrogens is 4. The first kappa shape index (κ1) is 32.2. The predicted octanol–water partition coefficient (Wildman–Crippen LogP) is 5.78. The van der Waals surface area contributed by atoms with Crippen LogP contribution in [-0.2, 0) is 21.4 Å². The van der Waals surface area contributed by atoms with Crippen molar-refractivity contribution in [1.29, 1.82) is 0 Å². The normalized spacial score (nSPS) is 21.6. The van der Waals surface area contributed by atoms with Crippen molar-refractivity contribution in [3.05, 3.63) is 64.0 Å². The number of nitrogens with one attached hydrogen (secondary N) is 4. The molecule has 256 valence electrons. The molecule has 2 bridgehead atoms. The zero-order valence-corrected chi connectivity index (χ0v) is 29.7. The van der Waals surface area contributed by atoms with Gasteiger partial charge in [-0.15, -0.1) is 11.3 Å². The zero-order valence-electron chi connectivity index (χ0n) is 28.9. The molecule has 4 N–H and O–H groups in total. The van der Waals surface area contributed by atoms with E-state index in [2.05, 4.69) is 92.8 Å². The number of fused-ring (bicyclic) bond motifs is 4. The van der Waals surface area contributed by atoms with E-state index in [4.69, 9.17) is 0 Å². The summed E-state index contributed by atoms with van der Waals surface area (Å²) in [5.74, 6) is 0.873. The van der Waals surface area contributed by atoms with E-state index in [1.54, 1.807) is 0 Å². The number of thiophene rings is 1.